The van der Waals surface area contributed by atoms with Crippen LogP contribution in [0.4, 0.5) is 0 Å². The van der Waals surface area contributed by atoms with E-state index in [1.807, 2.05) is 6.07 Å². The van der Waals surface area contributed by atoms with Crippen LogP contribution in [0.2, 0.25) is 0 Å². The van der Waals surface area contributed by atoms with Crippen LogP contribution < -0.4 is 5.32 Å². The van der Waals surface area contributed by atoms with Gasteiger partial charge in [0.05, 0.1) is 5.71 Å². The lowest BCUT2D eigenvalue weighted by molar-refractivity contribution is 0.0382. The molecule has 2 rings (SSSR count). The third kappa shape index (κ3) is 7.30. The molecule has 1 saturated carbocycles. The van der Waals surface area contributed by atoms with Crippen LogP contribution in [-0.2, 0) is 4.84 Å². The Balaban J connectivity index is 1.92. The Morgan fingerprint density at radius 2 is 1.85 bits per heavy atom. The second-order valence-electron chi connectivity index (χ2n) is 7.57. The molecule has 144 valence electrons. The number of benzene rings is 1. The number of aliphatic hydroxyl groups excluding tert-OH is 1. The van der Waals surface area contributed by atoms with Gasteiger partial charge in [0.2, 0.25) is 0 Å². The number of nitrogens with one attached hydrogen (secondary N) is 1. The van der Waals surface area contributed by atoms with Gasteiger partial charge in [0.25, 0.3) is 0 Å². The smallest absolute Gasteiger partial charge is 0.144 e. The summed E-state index contributed by atoms with van der Waals surface area (Å²) >= 11 is 0. The molecular formula is C22H34N2O2. The second-order valence-corrected chi connectivity index (χ2v) is 7.57. The summed E-state index contributed by atoms with van der Waals surface area (Å²) in [5.41, 5.74) is 3.49. The van der Waals surface area contributed by atoms with Crippen LogP contribution in [0.15, 0.2) is 41.1 Å². The molecule has 0 radical (unpaired) electrons. The van der Waals surface area contributed by atoms with E-state index < -0.39 is 6.10 Å². The van der Waals surface area contributed by atoms with Gasteiger partial charge in [-0.1, -0.05) is 55.8 Å². The molecule has 1 aliphatic carbocycles. The van der Waals surface area contributed by atoms with Crippen LogP contribution in [0.1, 0.15) is 58.4 Å². The molecular weight excluding hydrogens is 324 g/mol. The van der Waals surface area contributed by atoms with Gasteiger partial charge in [-0.2, -0.15) is 0 Å². The summed E-state index contributed by atoms with van der Waals surface area (Å²) in [7, 11) is 0. The van der Waals surface area contributed by atoms with Crippen molar-refractivity contribution in [1.29, 1.82) is 0 Å². The van der Waals surface area contributed by atoms with E-state index in [1.165, 1.54) is 24.0 Å². The highest BCUT2D eigenvalue weighted by Crippen LogP contribution is 2.23. The third-order valence-electron chi connectivity index (χ3n) is 4.99. The highest BCUT2D eigenvalue weighted by molar-refractivity contribution is 6.03. The van der Waals surface area contributed by atoms with Crippen LogP contribution in [0, 0.1) is 5.92 Å². The summed E-state index contributed by atoms with van der Waals surface area (Å²) in [4.78, 5) is 5.51. The van der Waals surface area contributed by atoms with E-state index in [-0.39, 0.29) is 6.61 Å². The first-order valence-electron chi connectivity index (χ1n) is 9.92. The van der Waals surface area contributed by atoms with Gasteiger partial charge in [0.1, 0.15) is 12.7 Å². The minimum Gasteiger partial charge on any atom is -0.393 e. The lowest BCUT2D eigenvalue weighted by Crippen LogP contribution is -2.38. The molecule has 4 nitrogen and oxygen atoms in total. The number of aliphatic hydroxyl groups is 1. The quantitative estimate of drug-likeness (QED) is 0.535. The van der Waals surface area contributed by atoms with Gasteiger partial charge in [0, 0.05) is 12.6 Å². The third-order valence-corrected chi connectivity index (χ3v) is 4.99. The number of hydrogen-bond donors (Lipinski definition) is 2. The van der Waals surface area contributed by atoms with E-state index in [1.54, 1.807) is 0 Å². The summed E-state index contributed by atoms with van der Waals surface area (Å²) in [6, 6.07) is 10.7. The number of nitrogens with zero attached hydrogens (tertiary/aromatic N) is 1. The fraction of sp³-hybridized carbons (Fsp3) is 0.591. The predicted molar refractivity (Wildman–Crippen MR) is 109 cm³/mol. The van der Waals surface area contributed by atoms with E-state index in [4.69, 9.17) is 4.84 Å². The summed E-state index contributed by atoms with van der Waals surface area (Å²) in [6.45, 7) is 7.21. The van der Waals surface area contributed by atoms with E-state index in [2.05, 4.69) is 61.6 Å². The summed E-state index contributed by atoms with van der Waals surface area (Å²) in [6.07, 6.45) is 7.21. The molecule has 0 saturated heterocycles. The van der Waals surface area contributed by atoms with E-state index in [0.717, 1.165) is 25.0 Å². The maximum Gasteiger partial charge on any atom is 0.144 e. The van der Waals surface area contributed by atoms with Crippen LogP contribution >= 0.6 is 0 Å². The number of allylic oxidation sites excluding steroid dienone is 1. The molecule has 0 heterocycles. The normalized spacial score (nSPS) is 21.0. The monoisotopic (exact) mass is 358 g/mol. The molecule has 0 amide bonds. The van der Waals surface area contributed by atoms with Gasteiger partial charge >= 0.3 is 0 Å². The van der Waals surface area contributed by atoms with E-state index in [9.17, 15) is 5.11 Å². The fourth-order valence-corrected chi connectivity index (χ4v) is 2.92. The minimum absolute atomic E-state index is 0.222. The van der Waals surface area contributed by atoms with Crippen molar-refractivity contribution in [2.24, 2.45) is 11.1 Å². The van der Waals surface area contributed by atoms with Crippen molar-refractivity contribution in [3.63, 3.8) is 0 Å². The maximum atomic E-state index is 10.1. The predicted octanol–water partition coefficient (Wildman–Crippen LogP) is 4.40. The molecule has 0 aliphatic heterocycles. The highest BCUT2D eigenvalue weighted by atomic mass is 16.6. The van der Waals surface area contributed by atoms with Crippen LogP contribution in [0.25, 0.3) is 6.08 Å². The Morgan fingerprint density at radius 1 is 1.12 bits per heavy atom. The molecule has 1 fully saturated rings. The summed E-state index contributed by atoms with van der Waals surface area (Å²) in [5, 5.41) is 17.8. The number of hydrogen-bond acceptors (Lipinski definition) is 4. The van der Waals surface area contributed by atoms with Gasteiger partial charge in [-0.25, -0.2) is 0 Å². The molecule has 0 spiro atoms. The van der Waals surface area contributed by atoms with Crippen molar-refractivity contribution in [2.75, 3.05) is 13.2 Å². The second kappa shape index (κ2) is 11.1. The Hall–Kier alpha value is -1.65. The Morgan fingerprint density at radius 3 is 2.58 bits per heavy atom. The average Bonchev–Trinajstić information content (AvgIpc) is 2.86. The first kappa shape index (κ1) is 20.7. The van der Waals surface area contributed by atoms with Gasteiger partial charge in [-0.3, -0.25) is 0 Å². The first-order valence-corrected chi connectivity index (χ1v) is 9.92. The van der Waals surface area contributed by atoms with Crippen molar-refractivity contribution in [3.05, 3.63) is 41.5 Å². The molecule has 0 aromatic heterocycles. The molecule has 0 bridgehead atoms. The zero-order valence-electron chi connectivity index (χ0n) is 16.4. The fourth-order valence-electron chi connectivity index (χ4n) is 2.92. The van der Waals surface area contributed by atoms with Gasteiger partial charge in [-0.05, 0) is 55.7 Å². The molecule has 2 N–H and O–H groups in total. The molecule has 0 unspecified atom stereocenters. The Bertz CT molecular complexity index is 581. The Labute approximate surface area is 158 Å². The summed E-state index contributed by atoms with van der Waals surface area (Å²) < 4.78 is 0. The largest absolute Gasteiger partial charge is 0.393 e. The van der Waals surface area contributed by atoms with Crippen molar-refractivity contribution >= 4 is 11.8 Å². The van der Waals surface area contributed by atoms with Crippen molar-refractivity contribution < 1.29 is 9.94 Å². The van der Waals surface area contributed by atoms with Gasteiger partial charge in [-0.15, -0.1) is 0 Å². The average molecular weight is 359 g/mol. The lowest BCUT2D eigenvalue weighted by atomic mass is 10.0. The number of rotatable bonds is 8. The SMILES string of the molecule is CC(C)[C@@H](C)NC[C@H](O)CO/N=C1\CCCCC\C1=C/c1ccccc1. The standard InChI is InChI=1S/C22H34N2O2/c1-17(2)18(3)23-15-21(25)16-26-24-22-13-9-5-8-12-20(22)14-19-10-6-4-7-11-19/h4,6-7,10-11,14,17-18,21,23,25H,5,8-9,12-13,15-16H2,1-3H3/b20-14+,24-22+/t18-,21+/m1/s1. The zero-order chi connectivity index (χ0) is 18.8. The van der Waals surface area contributed by atoms with Crippen molar-refractivity contribution in [2.45, 2.75) is 65.0 Å². The zero-order valence-corrected chi connectivity index (χ0v) is 16.4. The van der Waals surface area contributed by atoms with Crippen molar-refractivity contribution in [1.82, 2.24) is 5.32 Å². The maximum absolute atomic E-state index is 10.1. The van der Waals surface area contributed by atoms with E-state index >= 15 is 0 Å². The molecule has 1 aromatic carbocycles. The van der Waals surface area contributed by atoms with E-state index in [0.29, 0.717) is 18.5 Å². The summed E-state index contributed by atoms with van der Waals surface area (Å²) in [5.74, 6) is 0.542. The number of oxime groups is 1. The first-order chi connectivity index (χ1) is 12.6. The highest BCUT2D eigenvalue weighted by Gasteiger charge is 2.14. The van der Waals surface area contributed by atoms with Crippen molar-refractivity contribution in [3.8, 4) is 0 Å². The molecule has 4 heteroatoms. The molecule has 1 aromatic rings. The molecule has 26 heavy (non-hydrogen) atoms. The minimum atomic E-state index is -0.548. The topological polar surface area (TPSA) is 53.8 Å². The molecule has 1 aliphatic rings. The van der Waals surface area contributed by atoms with Gasteiger partial charge in [0.15, 0.2) is 0 Å². The van der Waals surface area contributed by atoms with Crippen LogP contribution in [0.5, 0.6) is 0 Å². The van der Waals surface area contributed by atoms with Crippen LogP contribution in [0.3, 0.4) is 0 Å². The Kier molecular flexibility index (Phi) is 8.86. The van der Waals surface area contributed by atoms with Gasteiger partial charge < -0.3 is 15.3 Å². The lowest BCUT2D eigenvalue weighted by Gasteiger charge is -2.19. The van der Waals surface area contributed by atoms with Crippen LogP contribution in [-0.4, -0.2) is 36.1 Å². The molecule has 2 atom stereocenters.